The van der Waals surface area contributed by atoms with E-state index in [4.69, 9.17) is 11.6 Å². The molecule has 0 spiro atoms. The van der Waals surface area contributed by atoms with Crippen molar-refractivity contribution in [2.24, 2.45) is 0 Å². The first kappa shape index (κ1) is 22.0. The first-order valence-corrected chi connectivity index (χ1v) is 9.82. The molecule has 2 N–H and O–H groups in total. The number of hydrogen-bond donors (Lipinski definition) is 2. The van der Waals surface area contributed by atoms with Gasteiger partial charge in [0.2, 0.25) is 5.91 Å². The summed E-state index contributed by atoms with van der Waals surface area (Å²) >= 11 is 6.25. The predicted molar refractivity (Wildman–Crippen MR) is 111 cm³/mol. The molecular formula is C20H29ClN4O3. The van der Waals surface area contributed by atoms with Crippen LogP contribution in [0.25, 0.3) is 0 Å². The fourth-order valence-electron chi connectivity index (χ4n) is 3.32. The Morgan fingerprint density at radius 1 is 1.18 bits per heavy atom. The molecule has 1 unspecified atom stereocenters. The second kappa shape index (κ2) is 9.28. The summed E-state index contributed by atoms with van der Waals surface area (Å²) in [4.78, 5) is 39.5. The number of amides is 3. The largest absolute Gasteiger partial charge is 0.368 e. The van der Waals surface area contributed by atoms with E-state index in [0.29, 0.717) is 19.4 Å². The smallest absolute Gasteiger partial charge is 0.315 e. The third-order valence-corrected chi connectivity index (χ3v) is 5.76. The molecule has 1 aromatic rings. The van der Waals surface area contributed by atoms with Crippen molar-refractivity contribution in [2.75, 3.05) is 38.1 Å². The Labute approximate surface area is 171 Å². The Kier molecular flexibility index (Phi) is 7.29. The van der Waals surface area contributed by atoms with Crippen LogP contribution < -0.4 is 15.5 Å². The Morgan fingerprint density at radius 2 is 1.75 bits per heavy atom. The van der Waals surface area contributed by atoms with E-state index in [-0.39, 0.29) is 18.7 Å². The van der Waals surface area contributed by atoms with Crippen molar-refractivity contribution in [3.8, 4) is 0 Å². The number of aryl methyl sites for hydroxylation is 2. The van der Waals surface area contributed by atoms with Gasteiger partial charge in [0, 0.05) is 50.4 Å². The SMILES string of the molecule is CNC(=O)NC(C)(C=O)CCC(=O)N1CCN(c2cc(C)c(Cl)c(C)c2)CC1. The maximum atomic E-state index is 12.6. The van der Waals surface area contributed by atoms with Crippen LogP contribution in [0.3, 0.4) is 0 Å². The van der Waals surface area contributed by atoms with Crippen molar-refractivity contribution >= 4 is 35.5 Å². The van der Waals surface area contributed by atoms with Crippen LogP contribution in [0.5, 0.6) is 0 Å². The molecule has 0 aliphatic carbocycles. The van der Waals surface area contributed by atoms with Crippen LogP contribution in [0.2, 0.25) is 5.02 Å². The minimum atomic E-state index is -1.06. The number of hydrogen-bond acceptors (Lipinski definition) is 4. The summed E-state index contributed by atoms with van der Waals surface area (Å²) in [5.41, 5.74) is 2.16. The van der Waals surface area contributed by atoms with Gasteiger partial charge in [0.05, 0.1) is 5.54 Å². The standard InChI is InChI=1S/C20H29ClN4O3/c1-14-11-16(12-15(2)18(14)21)24-7-9-25(10-8-24)17(27)5-6-20(3,13-26)23-19(28)22-4/h11-13H,5-10H2,1-4H3,(H2,22,23,28). The molecule has 1 aliphatic heterocycles. The average Bonchev–Trinajstić information content (AvgIpc) is 2.69. The lowest BCUT2D eigenvalue weighted by molar-refractivity contribution is -0.132. The number of benzene rings is 1. The highest BCUT2D eigenvalue weighted by Gasteiger charge is 2.28. The third kappa shape index (κ3) is 5.38. The lowest BCUT2D eigenvalue weighted by Crippen LogP contribution is -2.52. The molecule has 1 heterocycles. The van der Waals surface area contributed by atoms with E-state index in [9.17, 15) is 14.4 Å². The summed E-state index contributed by atoms with van der Waals surface area (Å²) in [6.07, 6.45) is 1.15. The maximum Gasteiger partial charge on any atom is 0.315 e. The molecule has 0 radical (unpaired) electrons. The number of nitrogens with one attached hydrogen (secondary N) is 2. The minimum Gasteiger partial charge on any atom is -0.368 e. The highest BCUT2D eigenvalue weighted by atomic mass is 35.5. The number of anilines is 1. The molecule has 28 heavy (non-hydrogen) atoms. The maximum absolute atomic E-state index is 12.6. The minimum absolute atomic E-state index is 0.00472. The lowest BCUT2D eigenvalue weighted by Gasteiger charge is -2.37. The summed E-state index contributed by atoms with van der Waals surface area (Å²) in [7, 11) is 1.48. The lowest BCUT2D eigenvalue weighted by atomic mass is 9.97. The average molecular weight is 409 g/mol. The van der Waals surface area contributed by atoms with Gasteiger partial charge in [-0.05, 0) is 50.5 Å². The van der Waals surface area contributed by atoms with Crippen LogP contribution in [-0.4, -0.2) is 61.9 Å². The van der Waals surface area contributed by atoms with Gasteiger partial charge in [0.1, 0.15) is 6.29 Å². The number of nitrogens with zero attached hydrogens (tertiary/aromatic N) is 2. The molecule has 1 saturated heterocycles. The normalized spacial score (nSPS) is 16.3. The number of urea groups is 1. The van der Waals surface area contributed by atoms with Crippen molar-refractivity contribution in [2.45, 2.75) is 39.2 Å². The monoisotopic (exact) mass is 408 g/mol. The van der Waals surface area contributed by atoms with E-state index < -0.39 is 11.6 Å². The third-order valence-electron chi connectivity index (χ3n) is 5.16. The molecule has 154 valence electrons. The molecule has 1 aliphatic rings. The Hall–Kier alpha value is -2.28. The number of carbonyl (C=O) groups excluding carboxylic acids is 3. The fraction of sp³-hybridized carbons (Fsp3) is 0.550. The molecule has 7 nitrogen and oxygen atoms in total. The van der Waals surface area contributed by atoms with Crippen molar-refractivity contribution in [1.29, 1.82) is 0 Å². The Bertz CT molecular complexity index is 724. The van der Waals surface area contributed by atoms with Crippen LogP contribution in [0.1, 0.15) is 30.9 Å². The van der Waals surface area contributed by atoms with Crippen LogP contribution in [-0.2, 0) is 9.59 Å². The van der Waals surface area contributed by atoms with Gasteiger partial charge in [-0.25, -0.2) is 4.79 Å². The van der Waals surface area contributed by atoms with Gasteiger partial charge in [0.15, 0.2) is 0 Å². The molecule has 2 rings (SSSR count). The Balaban J connectivity index is 1.89. The number of carbonyl (C=O) groups is 3. The van der Waals surface area contributed by atoms with Crippen LogP contribution in [0.15, 0.2) is 12.1 Å². The van der Waals surface area contributed by atoms with Gasteiger partial charge in [-0.15, -0.1) is 0 Å². The quantitative estimate of drug-likeness (QED) is 0.707. The van der Waals surface area contributed by atoms with E-state index in [1.54, 1.807) is 6.92 Å². The first-order chi connectivity index (χ1) is 13.2. The molecule has 1 fully saturated rings. The summed E-state index contributed by atoms with van der Waals surface area (Å²) < 4.78 is 0. The number of piperazine rings is 1. The fourth-order valence-corrected chi connectivity index (χ4v) is 3.43. The van der Waals surface area contributed by atoms with Crippen molar-refractivity contribution in [1.82, 2.24) is 15.5 Å². The molecule has 1 atom stereocenters. The molecule has 3 amide bonds. The van der Waals surface area contributed by atoms with Gasteiger partial charge < -0.3 is 25.2 Å². The van der Waals surface area contributed by atoms with E-state index in [2.05, 4.69) is 27.7 Å². The zero-order valence-corrected chi connectivity index (χ0v) is 17.7. The molecule has 1 aromatic carbocycles. The van der Waals surface area contributed by atoms with Crippen LogP contribution in [0, 0.1) is 13.8 Å². The molecule has 0 aromatic heterocycles. The second-order valence-corrected chi connectivity index (χ2v) is 7.88. The first-order valence-electron chi connectivity index (χ1n) is 9.45. The topological polar surface area (TPSA) is 81.8 Å². The van der Waals surface area contributed by atoms with Crippen LogP contribution in [0.4, 0.5) is 10.5 Å². The highest BCUT2D eigenvalue weighted by Crippen LogP contribution is 2.27. The predicted octanol–water partition coefficient (Wildman–Crippen LogP) is 2.27. The zero-order chi connectivity index (χ0) is 20.9. The van der Waals surface area contributed by atoms with Gasteiger partial charge in [-0.1, -0.05) is 11.6 Å². The summed E-state index contributed by atoms with van der Waals surface area (Å²) in [6.45, 7) is 8.35. The van der Waals surface area contributed by atoms with E-state index in [0.717, 1.165) is 34.9 Å². The van der Waals surface area contributed by atoms with Crippen molar-refractivity contribution in [3.05, 3.63) is 28.3 Å². The van der Waals surface area contributed by atoms with Gasteiger partial charge in [-0.2, -0.15) is 0 Å². The second-order valence-electron chi connectivity index (χ2n) is 7.50. The molecule has 0 saturated carbocycles. The van der Waals surface area contributed by atoms with E-state index in [1.165, 1.54) is 7.05 Å². The number of halogens is 1. The number of aldehydes is 1. The zero-order valence-electron chi connectivity index (χ0n) is 17.0. The molecule has 8 heteroatoms. The van der Waals surface area contributed by atoms with Crippen molar-refractivity contribution < 1.29 is 14.4 Å². The molecular weight excluding hydrogens is 380 g/mol. The van der Waals surface area contributed by atoms with Gasteiger partial charge >= 0.3 is 6.03 Å². The van der Waals surface area contributed by atoms with E-state index in [1.807, 2.05) is 18.7 Å². The van der Waals surface area contributed by atoms with E-state index >= 15 is 0 Å². The summed E-state index contributed by atoms with van der Waals surface area (Å²) in [5.74, 6) is -0.00472. The van der Waals surface area contributed by atoms with Gasteiger partial charge in [-0.3, -0.25) is 4.79 Å². The van der Waals surface area contributed by atoms with Crippen LogP contribution >= 0.6 is 11.6 Å². The highest BCUT2D eigenvalue weighted by molar-refractivity contribution is 6.32. The molecule has 0 bridgehead atoms. The van der Waals surface area contributed by atoms with Gasteiger partial charge in [0.25, 0.3) is 0 Å². The Morgan fingerprint density at radius 3 is 2.25 bits per heavy atom. The number of rotatable bonds is 6. The van der Waals surface area contributed by atoms with Crippen molar-refractivity contribution in [3.63, 3.8) is 0 Å². The summed E-state index contributed by atoms with van der Waals surface area (Å²) in [6, 6.07) is 3.71. The summed E-state index contributed by atoms with van der Waals surface area (Å²) in [5, 5.41) is 5.80.